The van der Waals surface area contributed by atoms with Crippen molar-refractivity contribution in [3.05, 3.63) is 29.8 Å². The third kappa shape index (κ3) is 2.52. The van der Waals surface area contributed by atoms with Crippen LogP contribution in [0.3, 0.4) is 0 Å². The number of carboxylic acids is 1. The minimum absolute atomic E-state index is 0.0157. The molecule has 0 spiro atoms. The second kappa shape index (κ2) is 4.99. The van der Waals surface area contributed by atoms with E-state index in [4.69, 9.17) is 10.2 Å². The van der Waals surface area contributed by atoms with Crippen LogP contribution < -0.4 is 5.32 Å². The van der Waals surface area contributed by atoms with Crippen LogP contribution in [-0.2, 0) is 10.2 Å². The van der Waals surface area contributed by atoms with Crippen LogP contribution in [0.15, 0.2) is 24.3 Å². The number of carboxylic acid groups (broad SMARTS) is 1. The molecule has 0 heterocycles. The normalized spacial score (nSPS) is 11.2. The van der Waals surface area contributed by atoms with Crippen LogP contribution >= 0.6 is 0 Å². The number of anilines is 1. The molecule has 1 rings (SSSR count). The van der Waals surface area contributed by atoms with Gasteiger partial charge >= 0.3 is 5.97 Å². The summed E-state index contributed by atoms with van der Waals surface area (Å²) in [5, 5.41) is 20.9. The summed E-state index contributed by atoms with van der Waals surface area (Å²) in [5.74, 6) is -0.870. The highest BCUT2D eigenvalue weighted by Crippen LogP contribution is 2.29. The van der Waals surface area contributed by atoms with Crippen LogP contribution in [0, 0.1) is 0 Å². The Balaban J connectivity index is 3.07. The summed E-state index contributed by atoms with van der Waals surface area (Å²) in [5.41, 5.74) is 0.527. The SMILES string of the molecule is CC(C)(C(=O)O)c1ccccc1NCCO. The van der Waals surface area contributed by atoms with Crippen molar-refractivity contribution >= 4 is 11.7 Å². The van der Waals surface area contributed by atoms with Gasteiger partial charge in [-0.1, -0.05) is 18.2 Å². The Morgan fingerprint density at radius 3 is 2.56 bits per heavy atom. The molecule has 4 heteroatoms. The zero-order chi connectivity index (χ0) is 12.2. The zero-order valence-electron chi connectivity index (χ0n) is 9.53. The number of nitrogens with one attached hydrogen (secondary N) is 1. The molecule has 1 aromatic rings. The van der Waals surface area contributed by atoms with E-state index in [1.165, 1.54) is 0 Å². The summed E-state index contributed by atoms with van der Waals surface area (Å²) in [7, 11) is 0. The fourth-order valence-corrected chi connectivity index (χ4v) is 1.49. The molecule has 0 amide bonds. The maximum Gasteiger partial charge on any atom is 0.313 e. The van der Waals surface area contributed by atoms with Gasteiger partial charge < -0.3 is 15.5 Å². The first kappa shape index (κ1) is 12.5. The standard InChI is InChI=1S/C12H17NO3/c1-12(2,11(15)16)9-5-3-4-6-10(9)13-7-8-14/h3-6,13-14H,7-8H2,1-2H3,(H,15,16). The van der Waals surface area contributed by atoms with Gasteiger partial charge in [0.15, 0.2) is 0 Å². The van der Waals surface area contributed by atoms with E-state index in [0.717, 1.165) is 11.3 Å². The molecule has 0 aromatic heterocycles. The van der Waals surface area contributed by atoms with Gasteiger partial charge in [0.05, 0.1) is 12.0 Å². The number of aliphatic hydroxyl groups is 1. The molecule has 0 fully saturated rings. The van der Waals surface area contributed by atoms with Crippen LogP contribution in [0.2, 0.25) is 0 Å². The lowest BCUT2D eigenvalue weighted by Gasteiger charge is -2.23. The number of benzene rings is 1. The Labute approximate surface area is 94.9 Å². The summed E-state index contributed by atoms with van der Waals surface area (Å²) < 4.78 is 0. The van der Waals surface area contributed by atoms with Gasteiger partial charge in [-0.15, -0.1) is 0 Å². The first-order valence-corrected chi connectivity index (χ1v) is 5.17. The molecule has 16 heavy (non-hydrogen) atoms. The van der Waals surface area contributed by atoms with E-state index in [1.807, 2.05) is 18.2 Å². The fourth-order valence-electron chi connectivity index (χ4n) is 1.49. The Hall–Kier alpha value is -1.55. The maximum atomic E-state index is 11.2. The molecular formula is C12H17NO3. The van der Waals surface area contributed by atoms with E-state index in [1.54, 1.807) is 19.9 Å². The topological polar surface area (TPSA) is 69.6 Å². The predicted octanol–water partition coefficient (Wildman–Crippen LogP) is 1.45. The fraction of sp³-hybridized carbons (Fsp3) is 0.417. The average Bonchev–Trinajstić information content (AvgIpc) is 2.26. The van der Waals surface area contributed by atoms with Crippen molar-refractivity contribution in [2.45, 2.75) is 19.3 Å². The minimum atomic E-state index is -0.945. The molecule has 0 saturated heterocycles. The van der Waals surface area contributed by atoms with Gasteiger partial charge in [0.2, 0.25) is 0 Å². The van der Waals surface area contributed by atoms with Crippen molar-refractivity contribution in [1.82, 2.24) is 0 Å². The largest absolute Gasteiger partial charge is 0.481 e. The highest BCUT2D eigenvalue weighted by atomic mass is 16.4. The van der Waals surface area contributed by atoms with Gasteiger partial charge in [0.25, 0.3) is 0 Å². The van der Waals surface area contributed by atoms with Gasteiger partial charge in [-0.25, -0.2) is 0 Å². The lowest BCUT2D eigenvalue weighted by Crippen LogP contribution is -2.29. The van der Waals surface area contributed by atoms with E-state index >= 15 is 0 Å². The highest BCUT2D eigenvalue weighted by Gasteiger charge is 2.31. The molecule has 0 aliphatic carbocycles. The van der Waals surface area contributed by atoms with Crippen molar-refractivity contribution in [2.75, 3.05) is 18.5 Å². The van der Waals surface area contributed by atoms with E-state index in [2.05, 4.69) is 5.32 Å². The summed E-state index contributed by atoms with van der Waals surface area (Å²) >= 11 is 0. The number of para-hydroxylation sites is 1. The number of hydrogen-bond donors (Lipinski definition) is 3. The smallest absolute Gasteiger partial charge is 0.313 e. The van der Waals surface area contributed by atoms with Crippen LogP contribution in [0.1, 0.15) is 19.4 Å². The Kier molecular flexibility index (Phi) is 3.90. The average molecular weight is 223 g/mol. The molecule has 0 radical (unpaired) electrons. The second-order valence-corrected chi connectivity index (χ2v) is 4.13. The molecule has 0 unspecified atom stereocenters. The Morgan fingerprint density at radius 1 is 1.38 bits per heavy atom. The molecule has 3 N–H and O–H groups in total. The summed E-state index contributed by atoms with van der Waals surface area (Å²) in [6, 6.07) is 7.24. The van der Waals surface area contributed by atoms with Crippen molar-refractivity contribution in [2.24, 2.45) is 0 Å². The monoisotopic (exact) mass is 223 g/mol. The van der Waals surface area contributed by atoms with Crippen LogP contribution in [-0.4, -0.2) is 29.3 Å². The lowest BCUT2D eigenvalue weighted by atomic mass is 9.83. The van der Waals surface area contributed by atoms with Crippen molar-refractivity contribution in [3.8, 4) is 0 Å². The number of hydrogen-bond acceptors (Lipinski definition) is 3. The number of carbonyl (C=O) groups is 1. The summed E-state index contributed by atoms with van der Waals surface area (Å²) in [6.45, 7) is 3.75. The van der Waals surface area contributed by atoms with Crippen LogP contribution in [0.5, 0.6) is 0 Å². The van der Waals surface area contributed by atoms with Crippen molar-refractivity contribution in [3.63, 3.8) is 0 Å². The van der Waals surface area contributed by atoms with Crippen LogP contribution in [0.25, 0.3) is 0 Å². The Morgan fingerprint density at radius 2 is 2.00 bits per heavy atom. The lowest BCUT2D eigenvalue weighted by molar-refractivity contribution is -0.142. The van der Waals surface area contributed by atoms with Crippen molar-refractivity contribution < 1.29 is 15.0 Å². The number of rotatable bonds is 5. The van der Waals surface area contributed by atoms with E-state index in [9.17, 15) is 4.79 Å². The molecule has 0 saturated carbocycles. The Bertz CT molecular complexity index is 374. The second-order valence-electron chi connectivity index (χ2n) is 4.13. The van der Waals surface area contributed by atoms with Gasteiger partial charge in [-0.2, -0.15) is 0 Å². The molecular weight excluding hydrogens is 206 g/mol. The van der Waals surface area contributed by atoms with Gasteiger partial charge in [0.1, 0.15) is 0 Å². The summed E-state index contributed by atoms with van der Waals surface area (Å²) in [4.78, 5) is 11.2. The predicted molar refractivity (Wildman–Crippen MR) is 62.7 cm³/mol. The quantitative estimate of drug-likeness (QED) is 0.706. The molecule has 4 nitrogen and oxygen atoms in total. The molecule has 0 aliphatic heterocycles. The van der Waals surface area contributed by atoms with E-state index in [0.29, 0.717) is 6.54 Å². The van der Waals surface area contributed by atoms with Crippen molar-refractivity contribution in [1.29, 1.82) is 0 Å². The molecule has 88 valence electrons. The molecule has 0 aliphatic rings. The first-order valence-electron chi connectivity index (χ1n) is 5.17. The third-order valence-electron chi connectivity index (χ3n) is 2.56. The van der Waals surface area contributed by atoms with E-state index < -0.39 is 11.4 Å². The zero-order valence-corrected chi connectivity index (χ0v) is 9.53. The maximum absolute atomic E-state index is 11.2. The van der Waals surface area contributed by atoms with Crippen LogP contribution in [0.4, 0.5) is 5.69 Å². The molecule has 0 bridgehead atoms. The number of aliphatic hydroxyl groups excluding tert-OH is 1. The van der Waals surface area contributed by atoms with Gasteiger partial charge in [-0.05, 0) is 25.5 Å². The molecule has 1 aromatic carbocycles. The van der Waals surface area contributed by atoms with E-state index in [-0.39, 0.29) is 6.61 Å². The minimum Gasteiger partial charge on any atom is -0.481 e. The first-order chi connectivity index (χ1) is 7.50. The number of aliphatic carboxylic acids is 1. The van der Waals surface area contributed by atoms with Gasteiger partial charge in [0, 0.05) is 12.2 Å². The summed E-state index contributed by atoms with van der Waals surface area (Å²) in [6.07, 6.45) is 0. The third-order valence-corrected chi connectivity index (χ3v) is 2.56. The van der Waals surface area contributed by atoms with Gasteiger partial charge in [-0.3, -0.25) is 4.79 Å². The molecule has 0 atom stereocenters. The highest BCUT2D eigenvalue weighted by molar-refractivity contribution is 5.83.